The molecular formula is C29H35NO4S. The lowest BCUT2D eigenvalue weighted by atomic mass is 9.48. The fourth-order valence-electron chi connectivity index (χ4n) is 7.78. The van der Waals surface area contributed by atoms with E-state index in [1.807, 2.05) is 0 Å². The van der Waals surface area contributed by atoms with Crippen LogP contribution < -0.4 is 4.74 Å². The second-order valence-corrected chi connectivity index (χ2v) is 12.9. The van der Waals surface area contributed by atoms with Crippen LogP contribution in [0.5, 0.6) is 5.75 Å². The lowest BCUT2D eigenvalue weighted by molar-refractivity contribution is -0.00837. The average molecular weight is 494 g/mol. The molecule has 0 aromatic heterocycles. The van der Waals surface area contributed by atoms with E-state index in [4.69, 9.17) is 16.0 Å². The van der Waals surface area contributed by atoms with Crippen molar-refractivity contribution < 1.29 is 17.9 Å². The molecule has 186 valence electrons. The van der Waals surface area contributed by atoms with Gasteiger partial charge in [0.1, 0.15) is 5.75 Å². The summed E-state index contributed by atoms with van der Waals surface area (Å²) in [6.45, 7) is 12.6. The normalized spacial score (nSPS) is 35.5. The first-order valence-corrected chi connectivity index (χ1v) is 14.1. The van der Waals surface area contributed by atoms with Crippen LogP contribution in [0.2, 0.25) is 0 Å². The number of allylic oxidation sites excluding steroid dienone is 5. The summed E-state index contributed by atoms with van der Waals surface area (Å²) < 4.78 is 38.0. The summed E-state index contributed by atoms with van der Waals surface area (Å²) in [6, 6.07) is 6.38. The number of sulfone groups is 1. The number of benzene rings is 1. The molecule has 2 fully saturated rings. The van der Waals surface area contributed by atoms with E-state index in [9.17, 15) is 8.42 Å². The Bertz CT molecular complexity index is 1270. The molecule has 4 aliphatic rings. The van der Waals surface area contributed by atoms with Gasteiger partial charge in [-0.15, -0.1) is 0 Å². The molecule has 5 nitrogen and oxygen atoms in total. The van der Waals surface area contributed by atoms with E-state index in [2.05, 4.69) is 30.8 Å². The second kappa shape index (κ2) is 8.55. The maximum absolute atomic E-state index is 13.6. The Kier molecular flexibility index (Phi) is 5.91. The minimum Gasteiger partial charge on any atom is -0.501 e. The first-order valence-electron chi connectivity index (χ1n) is 12.6. The molecule has 0 bridgehead atoms. The third-order valence-corrected chi connectivity index (χ3v) is 11.5. The van der Waals surface area contributed by atoms with Gasteiger partial charge in [-0.2, -0.15) is 0 Å². The quantitative estimate of drug-likeness (QED) is 0.438. The number of nitrogens with zero attached hydrogens (tertiary/aromatic N) is 1. The number of rotatable bonds is 4. The van der Waals surface area contributed by atoms with Gasteiger partial charge in [-0.25, -0.2) is 13.3 Å². The maximum atomic E-state index is 13.6. The summed E-state index contributed by atoms with van der Waals surface area (Å²) in [5, 5.41) is -0.0466. The van der Waals surface area contributed by atoms with Gasteiger partial charge in [0.15, 0.2) is 0 Å². The topological polar surface area (TPSA) is 57.0 Å². The zero-order valence-electron chi connectivity index (χ0n) is 21.1. The molecule has 6 heteroatoms. The number of fused-ring (bicyclic) bond motifs is 5. The second-order valence-electron chi connectivity index (χ2n) is 11.1. The van der Waals surface area contributed by atoms with E-state index in [-0.39, 0.29) is 20.8 Å². The number of hydrogen-bond donors (Lipinski definition) is 0. The van der Waals surface area contributed by atoms with Crippen molar-refractivity contribution in [2.75, 3.05) is 14.2 Å². The highest BCUT2D eigenvalue weighted by Gasteiger charge is 2.57. The van der Waals surface area contributed by atoms with Crippen LogP contribution in [0.4, 0.5) is 0 Å². The molecule has 0 aliphatic heterocycles. The van der Waals surface area contributed by atoms with Gasteiger partial charge in [0.05, 0.1) is 31.4 Å². The summed E-state index contributed by atoms with van der Waals surface area (Å²) in [5.41, 5.74) is 2.18. The molecule has 0 N–H and O–H groups in total. The minimum absolute atomic E-state index is 0.0466. The zero-order valence-corrected chi connectivity index (χ0v) is 22.0. The summed E-state index contributed by atoms with van der Waals surface area (Å²) in [6.07, 6.45) is 11.4. The molecule has 0 radical (unpaired) electrons. The van der Waals surface area contributed by atoms with Crippen molar-refractivity contribution in [1.82, 2.24) is 0 Å². The summed E-state index contributed by atoms with van der Waals surface area (Å²) in [5.74, 6) is 3.18. The summed E-state index contributed by atoms with van der Waals surface area (Å²) in [4.78, 5) is 3.84. The smallest absolute Gasteiger partial charge is 0.282 e. The van der Waals surface area contributed by atoms with E-state index < -0.39 is 9.84 Å². The number of hydrogen-bond acceptors (Lipinski definition) is 4. The molecule has 5 rings (SSSR count). The summed E-state index contributed by atoms with van der Waals surface area (Å²) >= 11 is 0. The van der Waals surface area contributed by atoms with Gasteiger partial charge in [0.2, 0.25) is 9.84 Å². The SMILES string of the molecule is [C-]#[N+]/C(=C1\CC[C@H]2[C@@H]3CC=C4C=C(OC)CC[C@]4(C)[C@H]3CC[C@]12C)S(=O)(=O)c1ccc(OC)cc1. The van der Waals surface area contributed by atoms with E-state index >= 15 is 0 Å². The van der Waals surface area contributed by atoms with E-state index in [0.29, 0.717) is 29.9 Å². The van der Waals surface area contributed by atoms with Gasteiger partial charge in [-0.05, 0) is 109 Å². The molecule has 0 saturated heterocycles. The standard InChI is InChI=1S/C29H35NO4S/c1-28-16-14-21(34-5)18-19(28)6-11-23-24-12-13-26(29(24,2)17-15-25(23)28)27(30-3)35(31,32)22-9-7-20(33-4)8-10-22/h6-10,18,23-25H,11-17H2,1-2,4-5H3/b27-26-/t23-,24-,25-,28-,29-/m0/s1. The van der Waals surface area contributed by atoms with Crippen LogP contribution in [-0.4, -0.2) is 22.6 Å². The molecule has 0 unspecified atom stereocenters. The lowest BCUT2D eigenvalue weighted by Gasteiger charge is -2.56. The average Bonchev–Trinajstić information content (AvgIpc) is 3.20. The van der Waals surface area contributed by atoms with Crippen molar-refractivity contribution in [1.29, 1.82) is 0 Å². The van der Waals surface area contributed by atoms with Crippen molar-refractivity contribution in [2.24, 2.45) is 28.6 Å². The van der Waals surface area contributed by atoms with E-state index in [1.165, 1.54) is 5.57 Å². The van der Waals surface area contributed by atoms with Crippen LogP contribution in [-0.2, 0) is 14.6 Å². The molecule has 0 heterocycles. The van der Waals surface area contributed by atoms with Crippen molar-refractivity contribution in [3.05, 3.63) is 69.8 Å². The highest BCUT2D eigenvalue weighted by Crippen LogP contribution is 2.66. The van der Waals surface area contributed by atoms with Gasteiger partial charge < -0.3 is 9.47 Å². The Labute approximate surface area is 209 Å². The van der Waals surface area contributed by atoms with Crippen LogP contribution in [0.15, 0.2) is 63.2 Å². The molecular weight excluding hydrogens is 458 g/mol. The first-order chi connectivity index (χ1) is 16.7. The Balaban J connectivity index is 1.52. The van der Waals surface area contributed by atoms with Crippen molar-refractivity contribution in [3.63, 3.8) is 0 Å². The van der Waals surface area contributed by atoms with E-state index in [0.717, 1.165) is 49.9 Å². The van der Waals surface area contributed by atoms with Crippen LogP contribution in [0.1, 0.15) is 58.8 Å². The minimum atomic E-state index is -3.88. The Morgan fingerprint density at radius 2 is 1.71 bits per heavy atom. The lowest BCUT2D eigenvalue weighted by Crippen LogP contribution is -2.48. The molecule has 0 spiro atoms. The van der Waals surface area contributed by atoms with Gasteiger partial charge in [-0.1, -0.05) is 19.9 Å². The largest absolute Gasteiger partial charge is 0.501 e. The molecule has 2 saturated carbocycles. The van der Waals surface area contributed by atoms with Crippen LogP contribution >= 0.6 is 0 Å². The van der Waals surface area contributed by atoms with Gasteiger partial charge in [0.25, 0.3) is 5.03 Å². The van der Waals surface area contributed by atoms with Gasteiger partial charge in [0, 0.05) is 6.42 Å². The third-order valence-electron chi connectivity index (χ3n) is 9.76. The predicted octanol–water partition coefficient (Wildman–Crippen LogP) is 6.70. The molecule has 35 heavy (non-hydrogen) atoms. The Morgan fingerprint density at radius 1 is 1.00 bits per heavy atom. The molecule has 1 aromatic rings. The molecule has 5 atom stereocenters. The Morgan fingerprint density at radius 3 is 2.37 bits per heavy atom. The monoisotopic (exact) mass is 493 g/mol. The van der Waals surface area contributed by atoms with Crippen LogP contribution in [0.25, 0.3) is 4.85 Å². The van der Waals surface area contributed by atoms with Crippen molar-refractivity contribution in [2.45, 2.75) is 63.7 Å². The van der Waals surface area contributed by atoms with E-state index in [1.54, 1.807) is 38.5 Å². The molecule has 0 amide bonds. The predicted molar refractivity (Wildman–Crippen MR) is 136 cm³/mol. The Hall–Kier alpha value is -2.52. The molecule has 4 aliphatic carbocycles. The maximum Gasteiger partial charge on any atom is 0.282 e. The summed E-state index contributed by atoms with van der Waals surface area (Å²) in [7, 11) is -0.572. The number of ether oxygens (including phenoxy) is 2. The first kappa shape index (κ1) is 24.2. The van der Waals surface area contributed by atoms with Gasteiger partial charge in [-0.3, -0.25) is 0 Å². The fourth-order valence-corrected chi connectivity index (χ4v) is 9.28. The van der Waals surface area contributed by atoms with Crippen molar-refractivity contribution >= 4 is 9.84 Å². The fraction of sp³-hybridized carbons (Fsp3) is 0.552. The van der Waals surface area contributed by atoms with Crippen LogP contribution in [0, 0.1) is 35.2 Å². The van der Waals surface area contributed by atoms with Crippen LogP contribution in [0.3, 0.4) is 0 Å². The van der Waals surface area contributed by atoms with Crippen molar-refractivity contribution in [3.8, 4) is 5.75 Å². The number of methoxy groups -OCH3 is 2. The third kappa shape index (κ3) is 3.57. The zero-order chi connectivity index (χ0) is 25.0. The van der Waals surface area contributed by atoms with Gasteiger partial charge >= 0.3 is 0 Å². The highest BCUT2D eigenvalue weighted by atomic mass is 32.2. The highest BCUT2D eigenvalue weighted by molar-refractivity contribution is 7.95. The molecule has 1 aromatic carbocycles.